The number of carboxylic acids is 1. The van der Waals surface area contributed by atoms with Crippen molar-refractivity contribution in [3.8, 4) is 0 Å². The number of rotatable bonds is 7. The molecule has 0 saturated carbocycles. The Hall–Kier alpha value is -3.62. The number of piperazine rings is 1. The van der Waals surface area contributed by atoms with Gasteiger partial charge in [-0.15, -0.1) is 0 Å². The smallest absolute Gasteiger partial charge is 0.347 e. The molecular formula is C22H24N8O4S2. The Morgan fingerprint density at radius 3 is 2.53 bits per heavy atom. The van der Waals surface area contributed by atoms with Crippen LogP contribution < -0.4 is 15.5 Å². The highest BCUT2D eigenvalue weighted by Gasteiger charge is 2.22. The second-order valence-electron chi connectivity index (χ2n) is 8.43. The summed E-state index contributed by atoms with van der Waals surface area (Å²) < 4.78 is 25.4. The third-order valence-electron chi connectivity index (χ3n) is 5.78. The maximum atomic E-state index is 11.8. The molecule has 12 nitrogen and oxygen atoms in total. The second-order valence-corrected chi connectivity index (χ2v) is 11.4. The molecule has 5 rings (SSSR count). The molecule has 36 heavy (non-hydrogen) atoms. The number of nitrogens with one attached hydrogen (secondary N) is 2. The third-order valence-corrected chi connectivity index (χ3v) is 7.97. The van der Waals surface area contributed by atoms with Crippen LogP contribution in [0.25, 0.3) is 11.2 Å². The van der Waals surface area contributed by atoms with Gasteiger partial charge in [-0.25, -0.2) is 23.2 Å². The van der Waals surface area contributed by atoms with Crippen LogP contribution in [0.1, 0.15) is 20.9 Å². The first-order chi connectivity index (χ1) is 17.2. The summed E-state index contributed by atoms with van der Waals surface area (Å²) in [4.78, 5) is 32.3. The van der Waals surface area contributed by atoms with Crippen LogP contribution in [0.15, 0.2) is 35.5 Å². The van der Waals surface area contributed by atoms with Gasteiger partial charge in [-0.3, -0.25) is 5.32 Å². The summed E-state index contributed by atoms with van der Waals surface area (Å²) in [5.74, 6) is -0.0614. The standard InChI is InChI=1S/C22H24N8O4S2/c1-13-17(20(31)32)35-22(25-13)28-21-26-18(29-9-7-23-8-10-29)16-19(27-21)30(12-24-16)11-14-3-5-15(6-4-14)36(2,33)34/h3-6,12,23H,7-11H2,1-2H3,(H,31,32)(H,25,26,27,28). The zero-order valence-electron chi connectivity index (χ0n) is 19.6. The fourth-order valence-corrected chi connectivity index (χ4v) is 5.41. The molecule has 0 unspecified atom stereocenters. The lowest BCUT2D eigenvalue weighted by Gasteiger charge is -2.28. The molecule has 0 amide bonds. The van der Waals surface area contributed by atoms with Gasteiger partial charge < -0.3 is 19.9 Å². The number of carboxylic acid groups (broad SMARTS) is 1. The molecule has 0 aliphatic carbocycles. The van der Waals surface area contributed by atoms with Gasteiger partial charge in [0.1, 0.15) is 4.88 Å². The quantitative estimate of drug-likeness (QED) is 0.322. The number of anilines is 3. The Kier molecular flexibility index (Phi) is 6.32. The minimum atomic E-state index is -3.28. The van der Waals surface area contributed by atoms with Crippen LogP contribution in [0, 0.1) is 6.92 Å². The van der Waals surface area contributed by atoms with Crippen molar-refractivity contribution in [2.45, 2.75) is 18.4 Å². The Balaban J connectivity index is 1.53. The van der Waals surface area contributed by atoms with Crippen LogP contribution in [0.2, 0.25) is 0 Å². The molecule has 1 aliphatic rings. The molecule has 1 fully saturated rings. The molecule has 0 bridgehead atoms. The third kappa shape index (κ3) is 4.87. The van der Waals surface area contributed by atoms with E-state index in [9.17, 15) is 18.3 Å². The van der Waals surface area contributed by atoms with Gasteiger partial charge in [0.2, 0.25) is 5.95 Å². The molecular weight excluding hydrogens is 504 g/mol. The number of aromatic carboxylic acids is 1. The van der Waals surface area contributed by atoms with Gasteiger partial charge in [0.05, 0.1) is 23.5 Å². The Labute approximate surface area is 211 Å². The number of hydrogen-bond acceptors (Lipinski definition) is 11. The van der Waals surface area contributed by atoms with Gasteiger partial charge in [0.15, 0.2) is 32.0 Å². The van der Waals surface area contributed by atoms with Gasteiger partial charge >= 0.3 is 5.97 Å². The first-order valence-corrected chi connectivity index (χ1v) is 13.8. The molecule has 0 radical (unpaired) electrons. The molecule has 3 N–H and O–H groups in total. The van der Waals surface area contributed by atoms with Crippen molar-refractivity contribution in [2.75, 3.05) is 42.7 Å². The van der Waals surface area contributed by atoms with Crippen LogP contribution in [0.5, 0.6) is 0 Å². The molecule has 1 saturated heterocycles. The lowest BCUT2D eigenvalue weighted by Crippen LogP contribution is -2.44. The van der Waals surface area contributed by atoms with E-state index < -0.39 is 15.8 Å². The molecule has 1 aliphatic heterocycles. The minimum absolute atomic E-state index is 0.156. The van der Waals surface area contributed by atoms with E-state index >= 15 is 0 Å². The van der Waals surface area contributed by atoms with Crippen molar-refractivity contribution in [1.29, 1.82) is 0 Å². The molecule has 4 aromatic rings. The van der Waals surface area contributed by atoms with E-state index in [0.29, 0.717) is 34.4 Å². The van der Waals surface area contributed by atoms with Crippen LogP contribution >= 0.6 is 11.3 Å². The molecule has 14 heteroatoms. The number of fused-ring (bicyclic) bond motifs is 1. The predicted octanol–water partition coefficient (Wildman–Crippen LogP) is 1.89. The van der Waals surface area contributed by atoms with Crippen molar-refractivity contribution < 1.29 is 18.3 Å². The topological polar surface area (TPSA) is 155 Å². The summed E-state index contributed by atoms with van der Waals surface area (Å²) >= 11 is 1.02. The van der Waals surface area contributed by atoms with Crippen LogP contribution in [0.4, 0.5) is 16.9 Å². The maximum Gasteiger partial charge on any atom is 0.347 e. The molecule has 4 heterocycles. The van der Waals surface area contributed by atoms with Gasteiger partial charge in [-0.1, -0.05) is 23.5 Å². The molecule has 1 aromatic carbocycles. The fraction of sp³-hybridized carbons (Fsp3) is 0.318. The lowest BCUT2D eigenvalue weighted by atomic mass is 10.2. The number of benzene rings is 1. The van der Waals surface area contributed by atoms with Gasteiger partial charge in [0, 0.05) is 32.4 Å². The van der Waals surface area contributed by atoms with Gasteiger partial charge in [0.25, 0.3) is 0 Å². The van der Waals surface area contributed by atoms with Crippen LogP contribution in [-0.4, -0.2) is 76.4 Å². The Morgan fingerprint density at radius 2 is 1.89 bits per heavy atom. The fourth-order valence-electron chi connectivity index (χ4n) is 3.98. The summed E-state index contributed by atoms with van der Waals surface area (Å²) in [6.45, 7) is 5.21. The van der Waals surface area contributed by atoms with E-state index in [1.54, 1.807) is 37.5 Å². The largest absolute Gasteiger partial charge is 0.477 e. The van der Waals surface area contributed by atoms with Gasteiger partial charge in [-0.05, 0) is 24.6 Å². The van der Waals surface area contributed by atoms with Crippen molar-refractivity contribution in [2.24, 2.45) is 0 Å². The number of hydrogen-bond donors (Lipinski definition) is 3. The number of aryl methyl sites for hydroxylation is 1. The number of aromatic nitrogens is 5. The summed E-state index contributed by atoms with van der Waals surface area (Å²) in [6.07, 6.45) is 2.87. The average molecular weight is 529 g/mol. The monoisotopic (exact) mass is 528 g/mol. The molecule has 188 valence electrons. The van der Waals surface area contributed by atoms with Crippen LogP contribution in [-0.2, 0) is 16.4 Å². The average Bonchev–Trinajstić information content (AvgIpc) is 3.42. The highest BCUT2D eigenvalue weighted by atomic mass is 32.2. The zero-order valence-corrected chi connectivity index (χ0v) is 21.2. The summed E-state index contributed by atoms with van der Waals surface area (Å²) in [5, 5.41) is 16.1. The first kappa shape index (κ1) is 24.1. The predicted molar refractivity (Wildman–Crippen MR) is 136 cm³/mol. The second kappa shape index (κ2) is 9.44. The number of carbonyl (C=O) groups is 1. The first-order valence-electron chi connectivity index (χ1n) is 11.1. The number of thiazole rings is 1. The Morgan fingerprint density at radius 1 is 1.17 bits per heavy atom. The number of imidazole rings is 1. The maximum absolute atomic E-state index is 11.8. The Bertz CT molecular complexity index is 1540. The number of nitrogens with zero attached hydrogens (tertiary/aromatic N) is 6. The summed E-state index contributed by atoms with van der Waals surface area (Å²) in [6, 6.07) is 6.71. The molecule has 3 aromatic heterocycles. The zero-order chi connectivity index (χ0) is 25.4. The van der Waals surface area contributed by atoms with Crippen LogP contribution in [0.3, 0.4) is 0 Å². The van der Waals surface area contributed by atoms with Crippen molar-refractivity contribution in [3.63, 3.8) is 0 Å². The number of sulfone groups is 1. The van der Waals surface area contributed by atoms with E-state index in [0.717, 1.165) is 43.1 Å². The summed E-state index contributed by atoms with van der Waals surface area (Å²) in [5.41, 5.74) is 2.55. The van der Waals surface area contributed by atoms with Crippen molar-refractivity contribution >= 4 is 55.2 Å². The molecule has 0 spiro atoms. The normalized spacial score (nSPS) is 14.3. The SMILES string of the molecule is Cc1nc(Nc2nc(N3CCNCC3)c3ncn(Cc4ccc(S(C)(=O)=O)cc4)c3n2)sc1C(=O)O. The van der Waals surface area contributed by atoms with E-state index in [2.05, 4.69) is 30.5 Å². The lowest BCUT2D eigenvalue weighted by molar-refractivity contribution is 0.0701. The summed E-state index contributed by atoms with van der Waals surface area (Å²) in [7, 11) is -3.28. The highest BCUT2D eigenvalue weighted by molar-refractivity contribution is 7.90. The van der Waals surface area contributed by atoms with E-state index in [1.165, 1.54) is 6.26 Å². The van der Waals surface area contributed by atoms with Crippen molar-refractivity contribution in [3.05, 3.63) is 46.7 Å². The minimum Gasteiger partial charge on any atom is -0.477 e. The molecule has 0 atom stereocenters. The van der Waals surface area contributed by atoms with E-state index in [4.69, 9.17) is 4.98 Å². The van der Waals surface area contributed by atoms with Crippen molar-refractivity contribution in [1.82, 2.24) is 29.8 Å². The highest BCUT2D eigenvalue weighted by Crippen LogP contribution is 2.29. The van der Waals surface area contributed by atoms with E-state index in [-0.39, 0.29) is 15.7 Å². The van der Waals surface area contributed by atoms with E-state index in [1.807, 2.05) is 4.57 Å². The van der Waals surface area contributed by atoms with Gasteiger partial charge in [-0.2, -0.15) is 9.97 Å².